The zero-order valence-corrected chi connectivity index (χ0v) is 9.35. The molecule has 6 nitrogen and oxygen atoms in total. The van der Waals surface area contributed by atoms with Gasteiger partial charge in [-0.2, -0.15) is 5.10 Å². The van der Waals surface area contributed by atoms with Crippen molar-refractivity contribution >= 4 is 35.7 Å². The van der Waals surface area contributed by atoms with Crippen molar-refractivity contribution in [3.05, 3.63) is 34.9 Å². The van der Waals surface area contributed by atoms with E-state index in [4.69, 9.17) is 16.7 Å². The second-order valence-corrected chi connectivity index (χ2v) is 3.65. The maximum absolute atomic E-state index is 10.5. The number of hydrogen-bond donors (Lipinski definition) is 3. The van der Waals surface area contributed by atoms with Crippen LogP contribution >= 0.6 is 11.6 Å². The fourth-order valence-corrected chi connectivity index (χ4v) is 1.54. The van der Waals surface area contributed by atoms with Crippen molar-refractivity contribution in [2.24, 2.45) is 5.10 Å². The molecular formula is C10H9ClN4O2. The third-order valence-corrected chi connectivity index (χ3v) is 2.30. The quantitative estimate of drug-likeness (QED) is 0.705. The number of benzene rings is 1. The Labute approximate surface area is 102 Å². The molecule has 1 aliphatic heterocycles. The lowest BCUT2D eigenvalue weighted by atomic mass is 10.1. The molecule has 0 fully saturated rings. The Balaban J connectivity index is 2.36. The fourth-order valence-electron chi connectivity index (χ4n) is 1.36. The fraction of sp³-hybridized carbons (Fsp3) is 0. The van der Waals surface area contributed by atoms with E-state index in [1.165, 1.54) is 12.4 Å². The van der Waals surface area contributed by atoms with Crippen molar-refractivity contribution in [2.45, 2.75) is 0 Å². The molecule has 0 saturated carbocycles. The lowest BCUT2D eigenvalue weighted by Gasteiger charge is -2.16. The van der Waals surface area contributed by atoms with Gasteiger partial charge in [-0.25, -0.2) is 15.3 Å². The summed E-state index contributed by atoms with van der Waals surface area (Å²) in [5, 5.41) is 14.5. The van der Waals surface area contributed by atoms with E-state index >= 15 is 0 Å². The number of carboxylic acid groups (broad SMARTS) is 1. The van der Waals surface area contributed by atoms with Gasteiger partial charge in [-0.15, -0.1) is 5.53 Å². The van der Waals surface area contributed by atoms with Crippen LogP contribution in [0, 0.1) is 0 Å². The van der Waals surface area contributed by atoms with Gasteiger partial charge in [0.2, 0.25) is 0 Å². The minimum Gasteiger partial charge on any atom is -0.478 e. The molecule has 0 aromatic heterocycles. The largest absolute Gasteiger partial charge is 0.478 e. The van der Waals surface area contributed by atoms with Crippen molar-refractivity contribution in [1.82, 2.24) is 11.1 Å². The minimum absolute atomic E-state index is 0.530. The van der Waals surface area contributed by atoms with Crippen LogP contribution in [0.2, 0.25) is 5.02 Å². The van der Waals surface area contributed by atoms with Gasteiger partial charge in [-0.05, 0) is 24.3 Å². The van der Waals surface area contributed by atoms with E-state index in [1.807, 2.05) is 0 Å². The van der Waals surface area contributed by atoms with Gasteiger partial charge >= 0.3 is 5.97 Å². The summed E-state index contributed by atoms with van der Waals surface area (Å²) in [6.45, 7) is 0. The topological polar surface area (TPSA) is 77.0 Å². The summed E-state index contributed by atoms with van der Waals surface area (Å²) in [5.41, 5.74) is 6.71. The summed E-state index contributed by atoms with van der Waals surface area (Å²) in [6.07, 6.45) is 4.05. The summed E-state index contributed by atoms with van der Waals surface area (Å²) in [5.74, 6) is -1.02. The molecule has 0 atom stereocenters. The second kappa shape index (κ2) is 4.86. The van der Waals surface area contributed by atoms with Crippen LogP contribution in [0.4, 0.5) is 5.69 Å². The molecule has 1 aromatic carbocycles. The van der Waals surface area contributed by atoms with Crippen LogP contribution in [0.5, 0.6) is 0 Å². The minimum atomic E-state index is -1.02. The van der Waals surface area contributed by atoms with Crippen molar-refractivity contribution < 1.29 is 9.90 Å². The number of halogens is 1. The number of carbonyl (C=O) groups is 1. The standard InChI is InChI=1S/C10H9ClN4O2/c11-8-2-3-9(15-6-12-13-14-15)7(5-8)1-4-10(16)17/h1-6,13-14H,(H,16,17)/b4-1+. The molecular weight excluding hydrogens is 244 g/mol. The van der Waals surface area contributed by atoms with Crippen LogP contribution in [0.3, 0.4) is 0 Å². The van der Waals surface area contributed by atoms with Crippen LogP contribution < -0.4 is 16.1 Å². The molecule has 0 bridgehead atoms. The van der Waals surface area contributed by atoms with E-state index in [0.29, 0.717) is 10.6 Å². The van der Waals surface area contributed by atoms with Crippen molar-refractivity contribution in [3.63, 3.8) is 0 Å². The smallest absolute Gasteiger partial charge is 0.328 e. The predicted molar refractivity (Wildman–Crippen MR) is 65.4 cm³/mol. The molecule has 1 aromatic rings. The molecule has 0 spiro atoms. The number of nitrogens with one attached hydrogen (secondary N) is 2. The van der Waals surface area contributed by atoms with Crippen molar-refractivity contribution in [3.8, 4) is 0 Å². The first kappa shape index (κ1) is 11.4. The number of anilines is 1. The zero-order valence-electron chi connectivity index (χ0n) is 8.59. The van der Waals surface area contributed by atoms with Gasteiger partial charge in [0.1, 0.15) is 6.34 Å². The number of nitrogens with zero attached hydrogens (tertiary/aromatic N) is 2. The van der Waals surface area contributed by atoms with Crippen LogP contribution in [-0.4, -0.2) is 17.4 Å². The molecule has 0 saturated heterocycles. The van der Waals surface area contributed by atoms with E-state index in [-0.39, 0.29) is 0 Å². The van der Waals surface area contributed by atoms with Gasteiger partial charge in [-0.1, -0.05) is 11.6 Å². The summed E-state index contributed by atoms with van der Waals surface area (Å²) in [4.78, 5) is 10.5. The number of carboxylic acids is 1. The molecule has 1 heterocycles. The highest BCUT2D eigenvalue weighted by Gasteiger charge is 2.11. The van der Waals surface area contributed by atoms with Crippen LogP contribution in [0.1, 0.15) is 5.56 Å². The highest BCUT2D eigenvalue weighted by atomic mass is 35.5. The van der Waals surface area contributed by atoms with Crippen LogP contribution in [0.15, 0.2) is 29.4 Å². The Morgan fingerprint density at radius 3 is 3.00 bits per heavy atom. The molecule has 2 rings (SSSR count). The van der Waals surface area contributed by atoms with Crippen LogP contribution in [0.25, 0.3) is 6.08 Å². The molecule has 0 aliphatic carbocycles. The maximum atomic E-state index is 10.5. The molecule has 7 heteroatoms. The van der Waals surface area contributed by atoms with Gasteiger partial charge in [0.05, 0.1) is 5.69 Å². The Morgan fingerprint density at radius 2 is 2.35 bits per heavy atom. The average Bonchev–Trinajstić information content (AvgIpc) is 2.80. The summed E-state index contributed by atoms with van der Waals surface area (Å²) < 4.78 is 0. The van der Waals surface area contributed by atoms with Gasteiger partial charge in [0.15, 0.2) is 0 Å². The Kier molecular flexibility index (Phi) is 3.27. The molecule has 17 heavy (non-hydrogen) atoms. The molecule has 1 aliphatic rings. The number of hydrazone groups is 1. The molecule has 88 valence electrons. The van der Waals surface area contributed by atoms with E-state index in [1.54, 1.807) is 23.2 Å². The number of hydrazine groups is 2. The van der Waals surface area contributed by atoms with Gasteiger partial charge in [-0.3, -0.25) is 0 Å². The highest BCUT2D eigenvalue weighted by molar-refractivity contribution is 6.30. The van der Waals surface area contributed by atoms with E-state index in [0.717, 1.165) is 11.8 Å². The lowest BCUT2D eigenvalue weighted by Crippen LogP contribution is -2.37. The molecule has 0 unspecified atom stereocenters. The SMILES string of the molecule is O=C(O)/C=C/c1cc(Cl)ccc1N1C=NNN1. The van der Waals surface area contributed by atoms with Crippen LogP contribution in [-0.2, 0) is 4.79 Å². The number of aliphatic carboxylic acids is 1. The summed E-state index contributed by atoms with van der Waals surface area (Å²) >= 11 is 5.87. The maximum Gasteiger partial charge on any atom is 0.328 e. The molecule has 0 amide bonds. The Bertz CT molecular complexity index is 501. The molecule has 0 radical (unpaired) electrons. The predicted octanol–water partition coefficient (Wildman–Crippen LogP) is 1.21. The van der Waals surface area contributed by atoms with Crippen molar-refractivity contribution in [1.29, 1.82) is 0 Å². The Hall–Kier alpha value is -2.05. The van der Waals surface area contributed by atoms with Gasteiger partial charge in [0.25, 0.3) is 0 Å². The lowest BCUT2D eigenvalue weighted by molar-refractivity contribution is -0.131. The summed E-state index contributed by atoms with van der Waals surface area (Å²) in [6, 6.07) is 5.14. The zero-order chi connectivity index (χ0) is 12.3. The third-order valence-electron chi connectivity index (χ3n) is 2.06. The Morgan fingerprint density at radius 1 is 1.53 bits per heavy atom. The van der Waals surface area contributed by atoms with E-state index in [9.17, 15) is 4.79 Å². The third kappa shape index (κ3) is 2.74. The van der Waals surface area contributed by atoms with Gasteiger partial charge < -0.3 is 5.11 Å². The van der Waals surface area contributed by atoms with Crippen molar-refractivity contribution in [2.75, 3.05) is 5.01 Å². The van der Waals surface area contributed by atoms with Gasteiger partial charge in [0, 0.05) is 16.7 Å². The van der Waals surface area contributed by atoms with E-state index in [2.05, 4.69) is 16.2 Å². The first-order chi connectivity index (χ1) is 8.16. The number of rotatable bonds is 3. The second-order valence-electron chi connectivity index (χ2n) is 3.21. The number of hydrogen-bond acceptors (Lipinski definition) is 5. The summed E-state index contributed by atoms with van der Waals surface area (Å²) in [7, 11) is 0. The highest BCUT2D eigenvalue weighted by Crippen LogP contribution is 2.24. The normalized spacial score (nSPS) is 14.3. The van der Waals surface area contributed by atoms with E-state index < -0.39 is 5.97 Å². The first-order valence-corrected chi connectivity index (χ1v) is 5.08. The average molecular weight is 253 g/mol. The molecule has 3 N–H and O–H groups in total. The monoisotopic (exact) mass is 252 g/mol. The first-order valence-electron chi connectivity index (χ1n) is 4.70.